The van der Waals surface area contributed by atoms with E-state index >= 15 is 0 Å². The van der Waals surface area contributed by atoms with Gasteiger partial charge in [0.25, 0.3) is 15.9 Å². The lowest BCUT2D eigenvalue weighted by Crippen LogP contribution is -2.56. The number of sulfonamides is 1. The van der Waals surface area contributed by atoms with E-state index < -0.39 is 22.2 Å². The molecule has 1 fully saturated rings. The molecule has 4 aromatic rings. The van der Waals surface area contributed by atoms with Crippen LogP contribution in [0.15, 0.2) is 83.8 Å². The zero-order valence-corrected chi connectivity index (χ0v) is 23.6. The Bertz CT molecular complexity index is 1690. The summed E-state index contributed by atoms with van der Waals surface area (Å²) in [6, 6.07) is 23.1. The van der Waals surface area contributed by atoms with Gasteiger partial charge in [-0.15, -0.1) is 0 Å². The molecule has 2 aliphatic rings. The van der Waals surface area contributed by atoms with Gasteiger partial charge >= 0.3 is 0 Å². The maximum atomic E-state index is 13.8. The molecule has 0 aliphatic carbocycles. The molecule has 0 saturated carbocycles. The Kier molecular flexibility index (Phi) is 7.19. The summed E-state index contributed by atoms with van der Waals surface area (Å²) in [4.78, 5) is 24.6. The van der Waals surface area contributed by atoms with Crippen LogP contribution in [0, 0.1) is 13.8 Å². The van der Waals surface area contributed by atoms with Crippen LogP contribution in [0.4, 0.5) is 5.95 Å². The van der Waals surface area contributed by atoms with Crippen molar-refractivity contribution >= 4 is 21.9 Å². The first-order valence-corrected chi connectivity index (χ1v) is 14.9. The molecular weight excluding hydrogens is 540 g/mol. The SMILES string of the molecule is Cc1cccc(C)c1-c1cc2nc(n1)NS(=O)(=O)c1cccc(c1)C(=O)N1CCOC[C@@H]1C(Cc1ccccc1)O2. The second kappa shape index (κ2) is 10.9. The van der Waals surface area contributed by atoms with E-state index in [1.807, 2.05) is 62.4 Å². The Morgan fingerprint density at radius 3 is 2.49 bits per heavy atom. The Balaban J connectivity index is 1.55. The molecular formula is C31H30N4O5S. The summed E-state index contributed by atoms with van der Waals surface area (Å²) in [7, 11) is -4.12. The van der Waals surface area contributed by atoms with Crippen molar-refractivity contribution in [3.8, 4) is 17.1 Å². The number of carbonyl (C=O) groups excluding carboxylic acids is 1. The number of amides is 1. The summed E-state index contributed by atoms with van der Waals surface area (Å²) in [5.41, 5.74) is 4.63. The minimum Gasteiger partial charge on any atom is -0.472 e. The third kappa shape index (κ3) is 5.53. The van der Waals surface area contributed by atoms with E-state index in [0.717, 1.165) is 22.3 Å². The molecule has 3 aromatic carbocycles. The summed E-state index contributed by atoms with van der Waals surface area (Å²) in [5.74, 6) is -0.211. The normalized spacial score (nSPS) is 20.0. The molecule has 0 radical (unpaired) electrons. The lowest BCUT2D eigenvalue weighted by Gasteiger charge is -2.40. The van der Waals surface area contributed by atoms with Crippen LogP contribution in [0.2, 0.25) is 0 Å². The maximum absolute atomic E-state index is 13.8. The number of rotatable bonds is 3. The van der Waals surface area contributed by atoms with E-state index in [4.69, 9.17) is 9.47 Å². The summed E-state index contributed by atoms with van der Waals surface area (Å²) in [6.07, 6.45) is -0.0709. The molecule has 6 rings (SSSR count). The Hall–Kier alpha value is -4.28. The third-order valence-corrected chi connectivity index (χ3v) is 8.79. The van der Waals surface area contributed by atoms with Gasteiger partial charge in [0.2, 0.25) is 11.8 Å². The van der Waals surface area contributed by atoms with Crippen molar-refractivity contribution in [2.75, 3.05) is 24.5 Å². The third-order valence-electron chi connectivity index (χ3n) is 7.46. The van der Waals surface area contributed by atoms with Crippen LogP contribution >= 0.6 is 0 Å². The summed E-state index contributed by atoms with van der Waals surface area (Å²) >= 11 is 0. The van der Waals surface area contributed by atoms with Crippen LogP contribution in [-0.2, 0) is 21.2 Å². The minimum absolute atomic E-state index is 0.0585. The molecule has 0 spiro atoms. The van der Waals surface area contributed by atoms with Crippen LogP contribution in [0.25, 0.3) is 11.3 Å². The van der Waals surface area contributed by atoms with E-state index in [2.05, 4.69) is 14.7 Å². The van der Waals surface area contributed by atoms with Crippen LogP contribution < -0.4 is 9.46 Å². The lowest BCUT2D eigenvalue weighted by molar-refractivity contribution is -0.0400. The molecule has 1 amide bonds. The number of ether oxygens (including phenoxy) is 2. The van der Waals surface area contributed by atoms with E-state index in [1.165, 1.54) is 12.1 Å². The molecule has 210 valence electrons. The Morgan fingerprint density at radius 2 is 1.71 bits per heavy atom. The lowest BCUT2D eigenvalue weighted by atomic mass is 9.99. The number of fused-ring (bicyclic) bond motifs is 5. The van der Waals surface area contributed by atoms with Gasteiger partial charge in [-0.25, -0.2) is 18.1 Å². The fraction of sp³-hybridized carbons (Fsp3) is 0.258. The molecule has 9 nitrogen and oxygen atoms in total. The van der Waals surface area contributed by atoms with Crippen molar-refractivity contribution in [1.29, 1.82) is 0 Å². The monoisotopic (exact) mass is 570 g/mol. The van der Waals surface area contributed by atoms with Gasteiger partial charge in [0, 0.05) is 30.2 Å². The number of nitrogens with one attached hydrogen (secondary N) is 1. The average molecular weight is 571 g/mol. The molecule has 10 heteroatoms. The predicted molar refractivity (Wildman–Crippen MR) is 154 cm³/mol. The first kappa shape index (κ1) is 26.9. The molecule has 2 atom stereocenters. The van der Waals surface area contributed by atoms with Crippen molar-refractivity contribution in [1.82, 2.24) is 14.9 Å². The smallest absolute Gasteiger partial charge is 0.264 e. The number of nitrogens with zero attached hydrogens (tertiary/aromatic N) is 3. The van der Waals surface area contributed by atoms with E-state index in [9.17, 15) is 13.2 Å². The zero-order valence-electron chi connectivity index (χ0n) is 22.8. The quantitative estimate of drug-likeness (QED) is 0.389. The van der Waals surface area contributed by atoms with Gasteiger partial charge in [0.1, 0.15) is 6.10 Å². The van der Waals surface area contributed by atoms with Crippen molar-refractivity contribution in [3.63, 3.8) is 0 Å². The summed E-state index contributed by atoms with van der Waals surface area (Å²) in [5, 5.41) is 0. The number of morpholine rings is 1. The molecule has 41 heavy (non-hydrogen) atoms. The van der Waals surface area contributed by atoms with Gasteiger partial charge in [-0.1, -0.05) is 54.6 Å². The molecule has 1 saturated heterocycles. The average Bonchev–Trinajstić information content (AvgIpc) is 2.96. The second-order valence-corrected chi connectivity index (χ2v) is 12.0. The number of aryl methyl sites for hydroxylation is 2. The molecule has 1 unspecified atom stereocenters. The van der Waals surface area contributed by atoms with Crippen LogP contribution in [-0.4, -0.2) is 61.1 Å². The highest BCUT2D eigenvalue weighted by Gasteiger charge is 2.37. The van der Waals surface area contributed by atoms with Crippen LogP contribution in [0.1, 0.15) is 27.0 Å². The molecule has 4 bridgehead atoms. The number of hydrogen-bond donors (Lipinski definition) is 1. The number of benzene rings is 3. The zero-order chi connectivity index (χ0) is 28.6. The van der Waals surface area contributed by atoms with Crippen molar-refractivity contribution in [3.05, 3.63) is 101 Å². The first-order chi connectivity index (χ1) is 19.8. The van der Waals surface area contributed by atoms with Gasteiger partial charge in [0.15, 0.2) is 0 Å². The summed E-state index contributed by atoms with van der Waals surface area (Å²) in [6.45, 7) is 4.93. The number of aromatic nitrogens is 2. The maximum Gasteiger partial charge on any atom is 0.264 e. The van der Waals surface area contributed by atoms with Gasteiger partial charge in [-0.05, 0) is 48.7 Å². The highest BCUT2D eigenvalue weighted by atomic mass is 32.2. The fourth-order valence-corrected chi connectivity index (χ4v) is 6.45. The Labute approximate surface area is 239 Å². The topological polar surface area (TPSA) is 111 Å². The highest BCUT2D eigenvalue weighted by molar-refractivity contribution is 7.92. The first-order valence-electron chi connectivity index (χ1n) is 13.5. The van der Waals surface area contributed by atoms with Gasteiger partial charge in [-0.3, -0.25) is 4.79 Å². The minimum atomic E-state index is -4.12. The number of anilines is 1. The van der Waals surface area contributed by atoms with Crippen LogP contribution in [0.3, 0.4) is 0 Å². The standard InChI is InChI=1S/C31H30N4O5S/c1-20-8-6-9-21(2)29(20)25-18-28-33-31(32-25)34-41(37,38)24-13-7-12-23(17-24)30(36)35-14-15-39-19-26(35)27(40-28)16-22-10-4-3-5-11-22/h3-13,17-18,26-27H,14-16,19H2,1-2H3,(H,32,33,34)/t26-,27?/m1/s1. The van der Waals surface area contributed by atoms with E-state index in [0.29, 0.717) is 25.3 Å². The summed E-state index contributed by atoms with van der Waals surface area (Å²) < 4.78 is 41.9. The van der Waals surface area contributed by atoms with Crippen molar-refractivity contribution in [2.24, 2.45) is 0 Å². The second-order valence-electron chi connectivity index (χ2n) is 10.3. The van der Waals surface area contributed by atoms with Crippen molar-refractivity contribution in [2.45, 2.75) is 37.3 Å². The molecule has 1 N–H and O–H groups in total. The number of hydrogen-bond acceptors (Lipinski definition) is 7. The van der Waals surface area contributed by atoms with Gasteiger partial charge < -0.3 is 14.4 Å². The van der Waals surface area contributed by atoms with Gasteiger partial charge in [-0.2, -0.15) is 4.98 Å². The van der Waals surface area contributed by atoms with Gasteiger partial charge in [0.05, 0.1) is 29.8 Å². The molecule has 1 aromatic heterocycles. The highest BCUT2D eigenvalue weighted by Crippen LogP contribution is 2.31. The van der Waals surface area contributed by atoms with E-state index in [-0.39, 0.29) is 34.8 Å². The molecule has 2 aliphatic heterocycles. The van der Waals surface area contributed by atoms with Crippen LogP contribution in [0.5, 0.6) is 5.88 Å². The number of carbonyl (C=O) groups is 1. The largest absolute Gasteiger partial charge is 0.472 e. The van der Waals surface area contributed by atoms with E-state index in [1.54, 1.807) is 23.1 Å². The molecule has 3 heterocycles. The Morgan fingerprint density at radius 1 is 0.951 bits per heavy atom. The van der Waals surface area contributed by atoms with Crippen molar-refractivity contribution < 1.29 is 22.7 Å². The predicted octanol–water partition coefficient (Wildman–Crippen LogP) is 4.41. The fourth-order valence-electron chi connectivity index (χ4n) is 5.46.